The van der Waals surface area contributed by atoms with Gasteiger partial charge in [-0.2, -0.15) is 5.26 Å². The minimum atomic E-state index is -0.336. The van der Waals surface area contributed by atoms with E-state index in [1.807, 2.05) is 12.1 Å². The summed E-state index contributed by atoms with van der Waals surface area (Å²) in [6, 6.07) is 14.1. The van der Waals surface area contributed by atoms with Gasteiger partial charge in [0, 0.05) is 16.7 Å². The van der Waals surface area contributed by atoms with Crippen LogP contribution in [0.5, 0.6) is 11.5 Å². The van der Waals surface area contributed by atoms with Crippen molar-refractivity contribution < 1.29 is 9.84 Å². The van der Waals surface area contributed by atoms with E-state index in [1.54, 1.807) is 24.3 Å². The highest BCUT2D eigenvalue weighted by atomic mass is 35.5. The zero-order valence-electron chi connectivity index (χ0n) is 10.9. The summed E-state index contributed by atoms with van der Waals surface area (Å²) in [6.45, 7) is 0. The highest BCUT2D eigenvalue weighted by Gasteiger charge is 2.30. The third-order valence-corrected chi connectivity index (χ3v) is 3.66. The molecule has 1 unspecified atom stereocenters. The highest BCUT2D eigenvalue weighted by Crippen LogP contribution is 2.43. The number of benzene rings is 2. The molecule has 0 spiro atoms. The van der Waals surface area contributed by atoms with Gasteiger partial charge in [0.2, 0.25) is 5.88 Å². The van der Waals surface area contributed by atoms with Crippen LogP contribution < -0.4 is 10.5 Å². The monoisotopic (exact) mass is 298 g/mol. The van der Waals surface area contributed by atoms with E-state index >= 15 is 0 Å². The van der Waals surface area contributed by atoms with E-state index in [0.29, 0.717) is 16.3 Å². The smallest absolute Gasteiger partial charge is 0.205 e. The van der Waals surface area contributed by atoms with Crippen molar-refractivity contribution in [2.75, 3.05) is 0 Å². The first kappa shape index (κ1) is 13.3. The minimum absolute atomic E-state index is 0.0514. The number of hydrogen-bond acceptors (Lipinski definition) is 4. The number of hydrogen-bond donors (Lipinski definition) is 2. The van der Waals surface area contributed by atoms with Crippen molar-refractivity contribution in [3.63, 3.8) is 0 Å². The molecular formula is C16H11ClN2O2. The number of nitrogens with zero attached hydrogens (tertiary/aromatic N) is 1. The van der Waals surface area contributed by atoms with Crippen LogP contribution in [0.2, 0.25) is 5.02 Å². The van der Waals surface area contributed by atoms with Crippen molar-refractivity contribution in [2.24, 2.45) is 5.73 Å². The van der Waals surface area contributed by atoms with E-state index < -0.39 is 0 Å². The Kier molecular flexibility index (Phi) is 3.20. The maximum absolute atomic E-state index is 9.57. The van der Waals surface area contributed by atoms with Crippen LogP contribution in [0.4, 0.5) is 0 Å². The molecule has 1 aliphatic rings. The molecule has 2 aromatic carbocycles. The molecule has 0 aliphatic carbocycles. The SMILES string of the molecule is N#CC1=C(N)Oc2cc(O)ccc2C1c1ccc(Cl)cc1. The third kappa shape index (κ3) is 2.28. The Labute approximate surface area is 126 Å². The van der Waals surface area contributed by atoms with Crippen LogP contribution in [-0.4, -0.2) is 5.11 Å². The summed E-state index contributed by atoms with van der Waals surface area (Å²) in [7, 11) is 0. The lowest BCUT2D eigenvalue weighted by molar-refractivity contribution is 0.388. The van der Waals surface area contributed by atoms with Crippen molar-refractivity contribution in [1.29, 1.82) is 5.26 Å². The first-order valence-corrected chi connectivity index (χ1v) is 6.64. The molecule has 0 amide bonds. The lowest BCUT2D eigenvalue weighted by Crippen LogP contribution is -2.20. The fourth-order valence-electron chi connectivity index (χ4n) is 2.44. The summed E-state index contributed by atoms with van der Waals surface area (Å²) in [5.41, 5.74) is 7.84. The van der Waals surface area contributed by atoms with Crippen molar-refractivity contribution in [1.82, 2.24) is 0 Å². The molecule has 1 heterocycles. The van der Waals surface area contributed by atoms with Crippen LogP contribution in [0.25, 0.3) is 0 Å². The molecule has 0 saturated heterocycles. The number of nitriles is 1. The normalized spacial score (nSPS) is 16.9. The van der Waals surface area contributed by atoms with E-state index in [2.05, 4.69) is 6.07 Å². The molecule has 0 bridgehead atoms. The Balaban J connectivity index is 2.21. The molecule has 0 radical (unpaired) electrons. The lowest BCUT2D eigenvalue weighted by atomic mass is 9.83. The van der Waals surface area contributed by atoms with E-state index in [-0.39, 0.29) is 17.6 Å². The molecular weight excluding hydrogens is 288 g/mol. The summed E-state index contributed by atoms with van der Waals surface area (Å²) in [6.07, 6.45) is 0. The van der Waals surface area contributed by atoms with Crippen LogP contribution in [0.1, 0.15) is 17.0 Å². The predicted octanol–water partition coefficient (Wildman–Crippen LogP) is 3.26. The quantitative estimate of drug-likeness (QED) is 0.847. The Morgan fingerprint density at radius 2 is 1.90 bits per heavy atom. The van der Waals surface area contributed by atoms with Gasteiger partial charge < -0.3 is 15.6 Å². The predicted molar refractivity (Wildman–Crippen MR) is 78.9 cm³/mol. The summed E-state index contributed by atoms with van der Waals surface area (Å²) in [4.78, 5) is 0. The topological polar surface area (TPSA) is 79.3 Å². The average molecular weight is 299 g/mol. The molecule has 1 atom stereocenters. The van der Waals surface area contributed by atoms with Crippen LogP contribution in [0.15, 0.2) is 53.9 Å². The molecule has 3 rings (SSSR count). The van der Waals surface area contributed by atoms with Gasteiger partial charge in [0.25, 0.3) is 0 Å². The molecule has 2 aromatic rings. The van der Waals surface area contributed by atoms with E-state index in [1.165, 1.54) is 6.07 Å². The molecule has 1 aliphatic heterocycles. The summed E-state index contributed by atoms with van der Waals surface area (Å²) in [5.74, 6) is 0.246. The van der Waals surface area contributed by atoms with Gasteiger partial charge >= 0.3 is 0 Å². The van der Waals surface area contributed by atoms with E-state index in [4.69, 9.17) is 22.1 Å². The maximum Gasteiger partial charge on any atom is 0.205 e. The van der Waals surface area contributed by atoms with E-state index in [0.717, 1.165) is 11.1 Å². The van der Waals surface area contributed by atoms with Gasteiger partial charge in [0.1, 0.15) is 23.1 Å². The summed E-state index contributed by atoms with van der Waals surface area (Å²) < 4.78 is 5.44. The molecule has 104 valence electrons. The number of nitrogens with two attached hydrogens (primary N) is 1. The Morgan fingerprint density at radius 1 is 1.19 bits per heavy atom. The molecule has 3 N–H and O–H groups in total. The second-order valence-electron chi connectivity index (χ2n) is 4.70. The van der Waals surface area contributed by atoms with Gasteiger partial charge in [-0.25, -0.2) is 0 Å². The molecule has 4 nitrogen and oxygen atoms in total. The number of phenolic OH excluding ortho intramolecular Hbond substituents is 1. The van der Waals surface area contributed by atoms with E-state index in [9.17, 15) is 10.4 Å². The Morgan fingerprint density at radius 3 is 2.57 bits per heavy atom. The maximum atomic E-state index is 9.57. The summed E-state index contributed by atoms with van der Waals surface area (Å²) >= 11 is 5.91. The zero-order valence-corrected chi connectivity index (χ0v) is 11.6. The standard InChI is InChI=1S/C16H11ClN2O2/c17-10-3-1-9(2-4-10)15-12-6-5-11(20)7-14(12)21-16(19)13(15)8-18/h1-7,15,20H,19H2. The lowest BCUT2D eigenvalue weighted by Gasteiger charge is -2.26. The molecule has 21 heavy (non-hydrogen) atoms. The Hall–Kier alpha value is -2.64. The fourth-order valence-corrected chi connectivity index (χ4v) is 2.57. The zero-order chi connectivity index (χ0) is 15.0. The van der Waals surface area contributed by atoms with Crippen LogP contribution in [0, 0.1) is 11.3 Å². The van der Waals surface area contributed by atoms with Crippen molar-refractivity contribution in [3.05, 3.63) is 70.1 Å². The number of allylic oxidation sites excluding steroid dienone is 1. The van der Waals surface area contributed by atoms with Crippen molar-refractivity contribution in [3.8, 4) is 17.6 Å². The minimum Gasteiger partial charge on any atom is -0.508 e. The highest BCUT2D eigenvalue weighted by molar-refractivity contribution is 6.30. The first-order chi connectivity index (χ1) is 10.1. The second kappa shape index (κ2) is 5.04. The number of aromatic hydroxyl groups is 1. The van der Waals surface area contributed by atoms with Crippen LogP contribution in [0.3, 0.4) is 0 Å². The van der Waals surface area contributed by atoms with Gasteiger partial charge in [-0.05, 0) is 23.8 Å². The van der Waals surface area contributed by atoms with Crippen molar-refractivity contribution >= 4 is 11.6 Å². The first-order valence-electron chi connectivity index (χ1n) is 6.26. The molecule has 0 saturated carbocycles. The second-order valence-corrected chi connectivity index (χ2v) is 5.13. The van der Waals surface area contributed by atoms with Crippen LogP contribution in [-0.2, 0) is 0 Å². The largest absolute Gasteiger partial charge is 0.508 e. The number of rotatable bonds is 1. The average Bonchev–Trinajstić information content (AvgIpc) is 2.46. The van der Waals surface area contributed by atoms with Gasteiger partial charge in [0.05, 0.1) is 5.92 Å². The third-order valence-electron chi connectivity index (χ3n) is 3.41. The molecule has 0 fully saturated rings. The number of phenols is 1. The summed E-state index contributed by atoms with van der Waals surface area (Å²) in [5, 5.41) is 19.6. The van der Waals surface area contributed by atoms with Gasteiger partial charge in [-0.1, -0.05) is 29.8 Å². The van der Waals surface area contributed by atoms with Gasteiger partial charge in [-0.15, -0.1) is 0 Å². The number of halogens is 1. The van der Waals surface area contributed by atoms with Crippen molar-refractivity contribution in [2.45, 2.75) is 5.92 Å². The Bertz CT molecular complexity index is 776. The molecule has 0 aromatic heterocycles. The number of fused-ring (bicyclic) bond motifs is 1. The number of ether oxygens (including phenoxy) is 1. The van der Waals surface area contributed by atoms with Crippen LogP contribution >= 0.6 is 11.6 Å². The van der Waals surface area contributed by atoms with Gasteiger partial charge in [-0.3, -0.25) is 0 Å². The van der Waals surface area contributed by atoms with Gasteiger partial charge in [0.15, 0.2) is 0 Å². The fraction of sp³-hybridized carbons (Fsp3) is 0.0625. The molecule has 5 heteroatoms.